The molecule has 0 saturated carbocycles. The van der Waals surface area contributed by atoms with Crippen LogP contribution in [-0.2, 0) is 24.0 Å². The summed E-state index contributed by atoms with van der Waals surface area (Å²) in [4.78, 5) is 53.0. The Kier molecular flexibility index (Phi) is 5.22. The second kappa shape index (κ2) is 7.86. The van der Waals surface area contributed by atoms with Crippen LogP contribution in [0.3, 0.4) is 0 Å². The first-order valence-corrected chi connectivity index (χ1v) is 9.99. The number of fused-ring (bicyclic) bond motifs is 3. The van der Waals surface area contributed by atoms with Gasteiger partial charge in [0.1, 0.15) is 12.1 Å². The van der Waals surface area contributed by atoms with Gasteiger partial charge in [-0.05, 0) is 36.1 Å². The number of nitrogens with zero attached hydrogens (tertiary/aromatic N) is 1. The maximum Gasteiger partial charge on any atom is 0.408 e. The van der Waals surface area contributed by atoms with Crippen molar-refractivity contribution in [2.45, 2.75) is 38.1 Å². The van der Waals surface area contributed by atoms with Crippen LogP contribution in [0.5, 0.6) is 0 Å². The van der Waals surface area contributed by atoms with Crippen molar-refractivity contribution in [1.82, 2.24) is 10.4 Å². The summed E-state index contributed by atoms with van der Waals surface area (Å²) >= 11 is 0. The number of carbonyl (C=O) groups excluding carboxylic acids is 4. The van der Waals surface area contributed by atoms with Crippen LogP contribution in [0.1, 0.15) is 43.7 Å². The zero-order valence-electron chi connectivity index (χ0n) is 17.2. The van der Waals surface area contributed by atoms with Crippen LogP contribution in [-0.4, -0.2) is 41.1 Å². The molecule has 0 atom stereocenters. The summed E-state index contributed by atoms with van der Waals surface area (Å²) in [6, 6.07) is 15.9. The van der Waals surface area contributed by atoms with Crippen LogP contribution in [0.15, 0.2) is 48.5 Å². The second-order valence-electron chi connectivity index (χ2n) is 8.04. The lowest BCUT2D eigenvalue weighted by atomic mass is 9.98. The maximum atomic E-state index is 12.4. The molecule has 0 bridgehead atoms. The van der Waals surface area contributed by atoms with Crippen molar-refractivity contribution in [3.63, 3.8) is 0 Å². The van der Waals surface area contributed by atoms with Crippen LogP contribution < -0.4 is 5.32 Å². The van der Waals surface area contributed by atoms with E-state index in [1.165, 1.54) is 13.8 Å². The highest BCUT2D eigenvalue weighted by molar-refractivity contribution is 6.02. The number of rotatable bonds is 5. The molecule has 2 aromatic carbocycles. The number of nitrogens with one attached hydrogen (secondary N) is 1. The molecule has 160 valence electrons. The third kappa shape index (κ3) is 3.88. The molecule has 1 aliphatic carbocycles. The van der Waals surface area contributed by atoms with E-state index in [9.17, 15) is 19.2 Å². The SMILES string of the molecule is CC(C)(NC(=O)OCC1c2ccccc2-c2ccccc21)C(=O)ON1C(=O)CCC1=O. The van der Waals surface area contributed by atoms with Gasteiger partial charge >= 0.3 is 12.1 Å². The van der Waals surface area contributed by atoms with Crippen LogP contribution in [0.25, 0.3) is 11.1 Å². The fraction of sp³-hybridized carbons (Fsp3) is 0.304. The largest absolute Gasteiger partial charge is 0.449 e. The van der Waals surface area contributed by atoms with Gasteiger partial charge in [0.2, 0.25) is 0 Å². The monoisotopic (exact) mass is 422 g/mol. The molecule has 2 aromatic rings. The quantitative estimate of drug-likeness (QED) is 0.744. The van der Waals surface area contributed by atoms with E-state index in [0.717, 1.165) is 22.3 Å². The van der Waals surface area contributed by atoms with Crippen LogP contribution in [0.4, 0.5) is 4.79 Å². The van der Waals surface area contributed by atoms with Crippen molar-refractivity contribution < 1.29 is 28.8 Å². The molecule has 0 spiro atoms. The van der Waals surface area contributed by atoms with Crippen LogP contribution >= 0.6 is 0 Å². The number of imide groups is 1. The van der Waals surface area contributed by atoms with Gasteiger partial charge in [-0.25, -0.2) is 9.59 Å². The van der Waals surface area contributed by atoms with E-state index in [1.807, 2.05) is 48.5 Å². The van der Waals surface area contributed by atoms with Gasteiger partial charge in [0.15, 0.2) is 0 Å². The zero-order chi connectivity index (χ0) is 22.2. The Morgan fingerprint density at radius 1 is 0.968 bits per heavy atom. The summed E-state index contributed by atoms with van der Waals surface area (Å²) in [6.07, 6.45) is -0.818. The van der Waals surface area contributed by atoms with Gasteiger partial charge in [0.05, 0.1) is 0 Å². The van der Waals surface area contributed by atoms with E-state index in [0.29, 0.717) is 5.06 Å². The van der Waals surface area contributed by atoms with E-state index in [2.05, 4.69) is 5.32 Å². The molecule has 8 heteroatoms. The summed E-state index contributed by atoms with van der Waals surface area (Å²) in [5.74, 6) is -2.23. The molecule has 1 heterocycles. The van der Waals surface area contributed by atoms with E-state index in [4.69, 9.17) is 9.57 Å². The average Bonchev–Trinajstić information content (AvgIpc) is 3.24. The van der Waals surface area contributed by atoms with Gasteiger partial charge < -0.3 is 14.9 Å². The molecule has 1 N–H and O–H groups in total. The first-order chi connectivity index (χ1) is 14.8. The highest BCUT2D eigenvalue weighted by Crippen LogP contribution is 2.44. The summed E-state index contributed by atoms with van der Waals surface area (Å²) in [6.45, 7) is 2.90. The lowest BCUT2D eigenvalue weighted by Gasteiger charge is -2.25. The van der Waals surface area contributed by atoms with Gasteiger partial charge in [0, 0.05) is 18.8 Å². The molecule has 31 heavy (non-hydrogen) atoms. The normalized spacial score (nSPS) is 15.5. The van der Waals surface area contributed by atoms with Gasteiger partial charge in [-0.15, -0.1) is 5.06 Å². The number of hydrogen-bond donors (Lipinski definition) is 1. The van der Waals surface area contributed by atoms with Crippen molar-refractivity contribution in [2.75, 3.05) is 6.61 Å². The zero-order valence-corrected chi connectivity index (χ0v) is 17.2. The Hall–Kier alpha value is -3.68. The maximum absolute atomic E-state index is 12.4. The Balaban J connectivity index is 1.39. The van der Waals surface area contributed by atoms with E-state index < -0.39 is 29.4 Å². The van der Waals surface area contributed by atoms with Crippen molar-refractivity contribution in [3.05, 3.63) is 59.7 Å². The van der Waals surface area contributed by atoms with Gasteiger partial charge in [-0.1, -0.05) is 48.5 Å². The summed E-state index contributed by atoms with van der Waals surface area (Å²) in [5.41, 5.74) is 2.85. The molecule has 1 aliphatic heterocycles. The number of benzene rings is 2. The van der Waals surface area contributed by atoms with Gasteiger partial charge in [0.25, 0.3) is 11.8 Å². The summed E-state index contributed by atoms with van der Waals surface area (Å²) in [5, 5.41) is 2.89. The first-order valence-electron chi connectivity index (χ1n) is 9.99. The third-order valence-electron chi connectivity index (χ3n) is 5.45. The highest BCUT2D eigenvalue weighted by atomic mass is 16.7. The molecule has 0 unspecified atom stereocenters. The molecule has 1 saturated heterocycles. The molecule has 3 amide bonds. The van der Waals surface area contributed by atoms with Gasteiger partial charge in [-0.2, -0.15) is 0 Å². The first kappa shape index (κ1) is 20.6. The molecular weight excluding hydrogens is 400 g/mol. The smallest absolute Gasteiger partial charge is 0.408 e. The Bertz CT molecular complexity index is 1020. The van der Waals surface area contributed by atoms with E-state index >= 15 is 0 Å². The third-order valence-corrected chi connectivity index (χ3v) is 5.45. The van der Waals surface area contributed by atoms with Crippen molar-refractivity contribution in [2.24, 2.45) is 0 Å². The molecule has 0 aromatic heterocycles. The fourth-order valence-corrected chi connectivity index (χ4v) is 3.80. The van der Waals surface area contributed by atoms with Crippen LogP contribution in [0.2, 0.25) is 0 Å². The van der Waals surface area contributed by atoms with Crippen molar-refractivity contribution in [1.29, 1.82) is 0 Å². The Morgan fingerprint density at radius 3 is 2.03 bits per heavy atom. The minimum Gasteiger partial charge on any atom is -0.449 e. The number of ether oxygens (including phenoxy) is 1. The highest BCUT2D eigenvalue weighted by Gasteiger charge is 2.39. The predicted octanol–water partition coefficient (Wildman–Crippen LogP) is 2.91. The standard InChI is InChI=1S/C23H22N2O6/c1-23(2,21(28)31-25-19(26)11-12-20(25)27)24-22(29)30-13-18-16-9-5-3-7-14(16)15-8-4-6-10-17(15)18/h3-10,18H,11-13H2,1-2H3,(H,24,29). The molecular formula is C23H22N2O6. The fourth-order valence-electron chi connectivity index (χ4n) is 3.80. The molecule has 1 fully saturated rings. The Morgan fingerprint density at radius 2 is 1.48 bits per heavy atom. The van der Waals surface area contributed by atoms with Crippen molar-refractivity contribution >= 4 is 23.9 Å². The molecule has 0 radical (unpaired) electrons. The number of hydroxylamine groups is 2. The molecule has 2 aliphatic rings. The Labute approximate surface area is 179 Å². The van der Waals surface area contributed by atoms with E-state index in [-0.39, 0.29) is 25.4 Å². The topological polar surface area (TPSA) is 102 Å². The minimum absolute atomic E-state index is 0.00759. The minimum atomic E-state index is -1.51. The summed E-state index contributed by atoms with van der Waals surface area (Å²) < 4.78 is 5.43. The lowest BCUT2D eigenvalue weighted by Crippen LogP contribution is -2.53. The number of carbonyl (C=O) groups is 4. The van der Waals surface area contributed by atoms with E-state index in [1.54, 1.807) is 0 Å². The molecule has 4 rings (SSSR count). The average molecular weight is 422 g/mol. The van der Waals surface area contributed by atoms with Crippen LogP contribution in [0, 0.1) is 0 Å². The lowest BCUT2D eigenvalue weighted by molar-refractivity contribution is -0.201. The van der Waals surface area contributed by atoms with Gasteiger partial charge in [-0.3, -0.25) is 9.59 Å². The summed E-state index contributed by atoms with van der Waals surface area (Å²) in [7, 11) is 0. The number of alkyl carbamates (subject to hydrolysis) is 1. The molecule has 8 nitrogen and oxygen atoms in total. The van der Waals surface area contributed by atoms with Crippen molar-refractivity contribution in [3.8, 4) is 11.1 Å². The number of amides is 3. The second-order valence-corrected chi connectivity index (χ2v) is 8.04. The number of hydrogen-bond acceptors (Lipinski definition) is 6. The predicted molar refractivity (Wildman–Crippen MR) is 109 cm³/mol.